The number of rotatable bonds is 5. The molecule has 0 aliphatic heterocycles. The van der Waals surface area contributed by atoms with Crippen molar-refractivity contribution in [1.82, 2.24) is 5.32 Å². The molecule has 3 aromatic carbocycles. The summed E-state index contributed by atoms with van der Waals surface area (Å²) in [6.45, 7) is 0.277. The Hall–Kier alpha value is -3.80. The van der Waals surface area contributed by atoms with Crippen LogP contribution >= 0.6 is 0 Å². The summed E-state index contributed by atoms with van der Waals surface area (Å²) in [5.41, 5.74) is 2.04. The summed E-state index contributed by atoms with van der Waals surface area (Å²) in [5, 5.41) is 22.2. The number of amides is 2. The highest BCUT2D eigenvalue weighted by Crippen LogP contribution is 2.27. The van der Waals surface area contributed by atoms with E-state index < -0.39 is 5.91 Å². The fraction of sp³-hybridized carbons (Fsp3) is 0.0909. The van der Waals surface area contributed by atoms with Crippen molar-refractivity contribution in [1.29, 1.82) is 0 Å². The number of benzene rings is 3. The van der Waals surface area contributed by atoms with Gasteiger partial charge in [-0.3, -0.25) is 9.59 Å². The highest BCUT2D eigenvalue weighted by atomic mass is 16.3. The number of phenolic OH excluding ortho intramolecular Hbond substituents is 2. The van der Waals surface area contributed by atoms with E-state index in [1.54, 1.807) is 31.3 Å². The van der Waals surface area contributed by atoms with Gasteiger partial charge in [0.25, 0.3) is 11.8 Å². The summed E-state index contributed by atoms with van der Waals surface area (Å²) in [6, 6.07) is 19.9. The Morgan fingerprint density at radius 2 is 1.61 bits per heavy atom. The number of nitrogens with zero attached hydrogens (tertiary/aromatic N) is 1. The summed E-state index contributed by atoms with van der Waals surface area (Å²) in [5.74, 6) is -1.07. The van der Waals surface area contributed by atoms with Gasteiger partial charge in [0.15, 0.2) is 0 Å². The number of carbonyl (C=O) groups excluding carboxylic acids is 2. The number of aromatic hydroxyl groups is 2. The maximum absolute atomic E-state index is 13.2. The van der Waals surface area contributed by atoms with Crippen molar-refractivity contribution in [3.8, 4) is 11.5 Å². The Labute approximate surface area is 162 Å². The molecule has 0 bridgehead atoms. The lowest BCUT2D eigenvalue weighted by Gasteiger charge is -2.24. The molecule has 0 fully saturated rings. The molecule has 3 N–H and O–H groups in total. The number of carbonyl (C=O) groups is 2. The fourth-order valence-electron chi connectivity index (χ4n) is 2.83. The lowest BCUT2D eigenvalue weighted by atomic mass is 10.1. The minimum atomic E-state index is -0.422. The third kappa shape index (κ3) is 4.12. The molecular formula is C22H20N2O4. The Morgan fingerprint density at radius 3 is 2.21 bits per heavy atom. The van der Waals surface area contributed by atoms with E-state index in [2.05, 4.69) is 5.32 Å². The number of phenols is 2. The highest BCUT2D eigenvalue weighted by Gasteiger charge is 2.21. The fourth-order valence-corrected chi connectivity index (χ4v) is 2.83. The van der Waals surface area contributed by atoms with E-state index in [1.165, 1.54) is 17.0 Å². The first-order valence-corrected chi connectivity index (χ1v) is 8.69. The zero-order valence-corrected chi connectivity index (χ0v) is 15.3. The number of anilines is 1. The number of hydrogen-bond acceptors (Lipinski definition) is 4. The van der Waals surface area contributed by atoms with Gasteiger partial charge in [-0.25, -0.2) is 0 Å². The van der Waals surface area contributed by atoms with E-state index in [-0.39, 0.29) is 29.5 Å². The van der Waals surface area contributed by atoms with Crippen LogP contribution in [0.25, 0.3) is 0 Å². The van der Waals surface area contributed by atoms with Gasteiger partial charge in [0.2, 0.25) is 0 Å². The average molecular weight is 376 g/mol. The molecule has 3 rings (SSSR count). The SMILES string of the molecule is CNC(=O)c1ccc(N(Cc2ccccc2)C(=O)c2ccc(O)cc2O)cc1. The Bertz CT molecular complexity index is 985. The largest absolute Gasteiger partial charge is 0.508 e. The lowest BCUT2D eigenvalue weighted by molar-refractivity contribution is 0.0961. The minimum absolute atomic E-state index is 0.0732. The molecule has 0 radical (unpaired) electrons. The van der Waals surface area contributed by atoms with E-state index in [1.807, 2.05) is 30.3 Å². The van der Waals surface area contributed by atoms with Crippen LogP contribution in [-0.2, 0) is 6.54 Å². The number of hydrogen-bond donors (Lipinski definition) is 3. The van der Waals surface area contributed by atoms with E-state index >= 15 is 0 Å². The molecule has 6 nitrogen and oxygen atoms in total. The molecule has 0 spiro atoms. The number of nitrogens with one attached hydrogen (secondary N) is 1. The lowest BCUT2D eigenvalue weighted by Crippen LogP contribution is -2.30. The van der Waals surface area contributed by atoms with Crippen LogP contribution in [0.4, 0.5) is 5.69 Å². The van der Waals surface area contributed by atoms with Crippen molar-refractivity contribution in [3.63, 3.8) is 0 Å². The third-order valence-corrected chi connectivity index (χ3v) is 4.31. The van der Waals surface area contributed by atoms with Gasteiger partial charge >= 0.3 is 0 Å². The molecule has 0 atom stereocenters. The smallest absolute Gasteiger partial charge is 0.262 e. The second-order valence-electron chi connectivity index (χ2n) is 6.20. The molecule has 0 heterocycles. The predicted octanol–water partition coefficient (Wildman–Crippen LogP) is 3.30. The summed E-state index contributed by atoms with van der Waals surface area (Å²) in [4.78, 5) is 26.4. The van der Waals surface area contributed by atoms with Crippen LogP contribution in [0.1, 0.15) is 26.3 Å². The van der Waals surface area contributed by atoms with Crippen molar-refractivity contribution in [3.05, 3.63) is 89.5 Å². The topological polar surface area (TPSA) is 89.9 Å². The van der Waals surface area contributed by atoms with Crippen LogP contribution in [0.5, 0.6) is 11.5 Å². The zero-order chi connectivity index (χ0) is 20.1. The molecule has 3 aromatic rings. The first-order chi connectivity index (χ1) is 13.5. The van der Waals surface area contributed by atoms with E-state index in [0.717, 1.165) is 11.6 Å². The highest BCUT2D eigenvalue weighted by molar-refractivity contribution is 6.08. The quantitative estimate of drug-likeness (QED) is 0.637. The van der Waals surface area contributed by atoms with E-state index in [0.29, 0.717) is 11.3 Å². The van der Waals surface area contributed by atoms with Crippen LogP contribution in [0.15, 0.2) is 72.8 Å². The molecule has 0 aliphatic carbocycles. The molecular weight excluding hydrogens is 356 g/mol. The second-order valence-corrected chi connectivity index (χ2v) is 6.20. The van der Waals surface area contributed by atoms with Gasteiger partial charge in [0, 0.05) is 24.4 Å². The summed E-state index contributed by atoms with van der Waals surface area (Å²) in [7, 11) is 1.55. The molecule has 0 saturated heterocycles. The van der Waals surface area contributed by atoms with Gasteiger partial charge in [-0.15, -0.1) is 0 Å². The Balaban J connectivity index is 1.99. The maximum atomic E-state index is 13.2. The molecule has 0 unspecified atom stereocenters. The third-order valence-electron chi connectivity index (χ3n) is 4.31. The normalized spacial score (nSPS) is 10.3. The molecule has 0 saturated carbocycles. The van der Waals surface area contributed by atoms with Crippen molar-refractivity contribution in [2.24, 2.45) is 0 Å². The maximum Gasteiger partial charge on any atom is 0.262 e. The summed E-state index contributed by atoms with van der Waals surface area (Å²) in [6.07, 6.45) is 0. The van der Waals surface area contributed by atoms with Crippen molar-refractivity contribution < 1.29 is 19.8 Å². The van der Waals surface area contributed by atoms with Crippen LogP contribution in [-0.4, -0.2) is 29.1 Å². The van der Waals surface area contributed by atoms with Gasteiger partial charge in [-0.05, 0) is 42.0 Å². The summed E-state index contributed by atoms with van der Waals surface area (Å²) < 4.78 is 0. The average Bonchev–Trinajstić information content (AvgIpc) is 2.72. The summed E-state index contributed by atoms with van der Waals surface area (Å²) >= 11 is 0. The monoisotopic (exact) mass is 376 g/mol. The molecule has 0 aliphatic rings. The standard InChI is InChI=1S/C22H20N2O4/c1-23-21(27)16-7-9-17(10-8-16)24(14-15-5-3-2-4-6-15)22(28)19-12-11-18(25)13-20(19)26/h2-13,25-26H,14H2,1H3,(H,23,27). The molecule has 6 heteroatoms. The zero-order valence-electron chi connectivity index (χ0n) is 15.3. The molecule has 142 valence electrons. The van der Waals surface area contributed by atoms with Gasteiger partial charge in [-0.2, -0.15) is 0 Å². The van der Waals surface area contributed by atoms with Crippen molar-refractivity contribution >= 4 is 17.5 Å². The predicted molar refractivity (Wildman–Crippen MR) is 107 cm³/mol. The van der Waals surface area contributed by atoms with E-state index in [9.17, 15) is 19.8 Å². The minimum Gasteiger partial charge on any atom is -0.508 e. The molecule has 0 aromatic heterocycles. The van der Waals surface area contributed by atoms with Gasteiger partial charge in [0.05, 0.1) is 12.1 Å². The van der Waals surface area contributed by atoms with Crippen molar-refractivity contribution in [2.75, 3.05) is 11.9 Å². The Morgan fingerprint density at radius 1 is 0.929 bits per heavy atom. The second kappa shape index (κ2) is 8.26. The van der Waals surface area contributed by atoms with Crippen LogP contribution in [0.2, 0.25) is 0 Å². The first kappa shape index (κ1) is 19.0. The van der Waals surface area contributed by atoms with Gasteiger partial charge in [0.1, 0.15) is 11.5 Å². The molecule has 2 amide bonds. The Kier molecular flexibility index (Phi) is 5.60. The van der Waals surface area contributed by atoms with Crippen LogP contribution in [0.3, 0.4) is 0 Å². The van der Waals surface area contributed by atoms with Gasteiger partial charge < -0.3 is 20.4 Å². The van der Waals surface area contributed by atoms with Crippen molar-refractivity contribution in [2.45, 2.75) is 6.54 Å². The first-order valence-electron chi connectivity index (χ1n) is 8.69. The van der Waals surface area contributed by atoms with Gasteiger partial charge in [-0.1, -0.05) is 30.3 Å². The van der Waals surface area contributed by atoms with E-state index in [4.69, 9.17) is 0 Å². The van der Waals surface area contributed by atoms with Crippen LogP contribution in [0, 0.1) is 0 Å². The van der Waals surface area contributed by atoms with Crippen LogP contribution < -0.4 is 10.2 Å². The molecule has 28 heavy (non-hydrogen) atoms.